The number of nitrogens with zero attached hydrogens (tertiary/aromatic N) is 4. The van der Waals surface area contributed by atoms with Gasteiger partial charge in [0.25, 0.3) is 0 Å². The Kier molecular flexibility index (Phi) is 3.48. The topological polar surface area (TPSA) is 68.6 Å². The van der Waals surface area contributed by atoms with E-state index in [1.54, 1.807) is 19.6 Å². The number of hydrogen-bond acceptors (Lipinski definition) is 5. The second-order valence-electron chi connectivity index (χ2n) is 3.46. The van der Waals surface area contributed by atoms with Crippen LogP contribution in [0.4, 0.5) is 0 Å². The van der Waals surface area contributed by atoms with Gasteiger partial charge in [0, 0.05) is 6.54 Å². The first-order valence-corrected chi connectivity index (χ1v) is 5.69. The van der Waals surface area contributed by atoms with Crippen molar-refractivity contribution in [1.82, 2.24) is 25.0 Å². The van der Waals surface area contributed by atoms with Crippen LogP contribution in [0.25, 0.3) is 11.4 Å². The largest absolute Gasteiger partial charge is 0.491 e. The van der Waals surface area contributed by atoms with E-state index in [0.29, 0.717) is 10.4 Å². The van der Waals surface area contributed by atoms with Crippen molar-refractivity contribution >= 4 is 12.2 Å². The number of nitrogens with one attached hydrogen (secondary N) is 1. The van der Waals surface area contributed by atoms with Crippen LogP contribution in [0, 0.1) is 4.64 Å². The molecule has 0 radical (unpaired) electrons. The Hall–Kier alpha value is -1.76. The van der Waals surface area contributed by atoms with Gasteiger partial charge in [-0.05, 0) is 6.42 Å². The smallest absolute Gasteiger partial charge is 0.181 e. The van der Waals surface area contributed by atoms with Crippen LogP contribution in [0.1, 0.15) is 13.3 Å². The first kappa shape index (κ1) is 11.7. The van der Waals surface area contributed by atoms with E-state index in [0.717, 1.165) is 24.4 Å². The number of rotatable bonds is 4. The fraction of sp³-hybridized carbons (Fsp3) is 0.400. The SMILES string of the molecule is CCCn1nncc1-c1[nH]cnc(=S)c1OC. The van der Waals surface area contributed by atoms with Crippen LogP contribution in [0.2, 0.25) is 0 Å². The van der Waals surface area contributed by atoms with Crippen LogP contribution in [0.3, 0.4) is 0 Å². The lowest BCUT2D eigenvalue weighted by Crippen LogP contribution is -2.04. The Labute approximate surface area is 104 Å². The van der Waals surface area contributed by atoms with Crippen molar-refractivity contribution in [2.24, 2.45) is 0 Å². The van der Waals surface area contributed by atoms with Gasteiger partial charge >= 0.3 is 0 Å². The number of aromatic amines is 1. The monoisotopic (exact) mass is 251 g/mol. The van der Waals surface area contributed by atoms with Gasteiger partial charge in [0.2, 0.25) is 0 Å². The Morgan fingerprint density at radius 1 is 1.53 bits per heavy atom. The van der Waals surface area contributed by atoms with Crippen molar-refractivity contribution in [3.63, 3.8) is 0 Å². The maximum atomic E-state index is 5.27. The molecule has 0 aromatic carbocycles. The summed E-state index contributed by atoms with van der Waals surface area (Å²) >= 11 is 5.11. The van der Waals surface area contributed by atoms with Gasteiger partial charge in [-0.3, -0.25) is 0 Å². The highest BCUT2D eigenvalue weighted by Crippen LogP contribution is 2.26. The summed E-state index contributed by atoms with van der Waals surface area (Å²) in [5.41, 5.74) is 1.60. The van der Waals surface area contributed by atoms with Crippen molar-refractivity contribution in [2.75, 3.05) is 7.11 Å². The molecule has 7 heteroatoms. The molecular weight excluding hydrogens is 238 g/mol. The standard InChI is InChI=1S/C10H13N5OS/c1-3-4-15-7(5-13-14-15)8-9(16-2)10(17)12-6-11-8/h5-6H,3-4H2,1-2H3,(H,11,12,17). The van der Waals surface area contributed by atoms with Crippen molar-refractivity contribution in [3.8, 4) is 17.1 Å². The molecule has 0 aliphatic rings. The molecule has 6 nitrogen and oxygen atoms in total. The minimum Gasteiger partial charge on any atom is -0.491 e. The Balaban J connectivity index is 2.56. The van der Waals surface area contributed by atoms with Gasteiger partial charge in [0.1, 0.15) is 11.4 Å². The normalized spacial score (nSPS) is 10.5. The van der Waals surface area contributed by atoms with Crippen molar-refractivity contribution < 1.29 is 4.74 Å². The average molecular weight is 251 g/mol. The van der Waals surface area contributed by atoms with Crippen molar-refractivity contribution in [3.05, 3.63) is 17.2 Å². The molecule has 0 aliphatic carbocycles. The van der Waals surface area contributed by atoms with Crippen LogP contribution in [0.5, 0.6) is 5.75 Å². The summed E-state index contributed by atoms with van der Waals surface area (Å²) in [5.74, 6) is 0.544. The van der Waals surface area contributed by atoms with E-state index >= 15 is 0 Å². The maximum Gasteiger partial charge on any atom is 0.181 e. The average Bonchev–Trinajstić information content (AvgIpc) is 2.77. The third-order valence-electron chi connectivity index (χ3n) is 2.33. The van der Waals surface area contributed by atoms with Crippen LogP contribution in [0.15, 0.2) is 12.5 Å². The molecule has 0 aliphatic heterocycles. The summed E-state index contributed by atoms with van der Waals surface area (Å²) in [7, 11) is 1.57. The van der Waals surface area contributed by atoms with Gasteiger partial charge < -0.3 is 9.72 Å². The van der Waals surface area contributed by atoms with Gasteiger partial charge in [-0.15, -0.1) is 5.10 Å². The molecule has 0 saturated carbocycles. The summed E-state index contributed by atoms with van der Waals surface area (Å²) < 4.78 is 7.50. The fourth-order valence-corrected chi connectivity index (χ4v) is 1.83. The van der Waals surface area contributed by atoms with E-state index in [2.05, 4.69) is 27.2 Å². The summed E-state index contributed by atoms with van der Waals surface area (Å²) in [6.45, 7) is 2.87. The molecule has 0 atom stereocenters. The molecule has 0 unspecified atom stereocenters. The van der Waals surface area contributed by atoms with E-state index < -0.39 is 0 Å². The van der Waals surface area contributed by atoms with Crippen molar-refractivity contribution in [2.45, 2.75) is 19.9 Å². The highest BCUT2D eigenvalue weighted by molar-refractivity contribution is 7.71. The molecule has 2 rings (SSSR count). The molecule has 1 N–H and O–H groups in total. The van der Waals surface area contributed by atoms with Gasteiger partial charge in [0.15, 0.2) is 10.4 Å². The molecule has 0 fully saturated rings. The fourth-order valence-electron chi connectivity index (χ4n) is 1.59. The molecule has 0 spiro atoms. The van der Waals surface area contributed by atoms with Crippen LogP contribution >= 0.6 is 12.2 Å². The zero-order valence-corrected chi connectivity index (χ0v) is 10.5. The Bertz CT molecular complexity index is 562. The quantitative estimate of drug-likeness (QED) is 0.839. The lowest BCUT2D eigenvalue weighted by molar-refractivity contribution is 0.410. The third kappa shape index (κ3) is 2.19. The Morgan fingerprint density at radius 2 is 2.35 bits per heavy atom. The number of aromatic nitrogens is 5. The van der Waals surface area contributed by atoms with Crippen LogP contribution in [-0.2, 0) is 6.54 Å². The summed E-state index contributed by atoms with van der Waals surface area (Å²) in [6.07, 6.45) is 4.20. The van der Waals surface area contributed by atoms with Crippen molar-refractivity contribution in [1.29, 1.82) is 0 Å². The predicted octanol–water partition coefficient (Wildman–Crippen LogP) is 1.82. The highest BCUT2D eigenvalue weighted by Gasteiger charge is 2.13. The second kappa shape index (κ2) is 5.05. The minimum absolute atomic E-state index is 0.422. The van der Waals surface area contributed by atoms with Gasteiger partial charge in [0.05, 0.1) is 19.6 Å². The summed E-state index contributed by atoms with van der Waals surface area (Å²) in [5, 5.41) is 7.93. The number of H-pyrrole nitrogens is 1. The van der Waals surface area contributed by atoms with Crippen LogP contribution < -0.4 is 4.74 Å². The molecule has 90 valence electrons. The van der Waals surface area contributed by atoms with Gasteiger partial charge in [-0.1, -0.05) is 24.4 Å². The van der Waals surface area contributed by atoms with Crippen LogP contribution in [-0.4, -0.2) is 32.1 Å². The first-order valence-electron chi connectivity index (χ1n) is 5.28. The molecule has 2 aromatic heterocycles. The third-order valence-corrected chi connectivity index (χ3v) is 2.62. The molecule has 2 aromatic rings. The minimum atomic E-state index is 0.422. The number of ether oxygens (including phenoxy) is 1. The van der Waals surface area contributed by atoms with E-state index in [-0.39, 0.29) is 0 Å². The molecule has 17 heavy (non-hydrogen) atoms. The number of aryl methyl sites for hydroxylation is 1. The number of methoxy groups -OCH3 is 1. The van der Waals surface area contributed by atoms with E-state index in [1.807, 2.05) is 4.68 Å². The maximum absolute atomic E-state index is 5.27. The zero-order valence-electron chi connectivity index (χ0n) is 9.67. The van der Waals surface area contributed by atoms with Gasteiger partial charge in [-0.2, -0.15) is 0 Å². The summed E-state index contributed by atoms with van der Waals surface area (Å²) in [6, 6.07) is 0. The molecule has 0 amide bonds. The van der Waals surface area contributed by atoms with E-state index in [4.69, 9.17) is 17.0 Å². The lowest BCUT2D eigenvalue weighted by atomic mass is 10.3. The molecular formula is C10H13N5OS. The van der Waals surface area contributed by atoms with E-state index in [9.17, 15) is 0 Å². The second-order valence-corrected chi connectivity index (χ2v) is 3.85. The van der Waals surface area contributed by atoms with Gasteiger partial charge in [-0.25, -0.2) is 9.67 Å². The number of hydrogen-bond donors (Lipinski definition) is 1. The summed E-state index contributed by atoms with van der Waals surface area (Å²) in [4.78, 5) is 7.01. The molecule has 0 saturated heterocycles. The molecule has 0 bridgehead atoms. The van der Waals surface area contributed by atoms with E-state index in [1.165, 1.54) is 0 Å². The predicted molar refractivity (Wildman–Crippen MR) is 65.3 cm³/mol. The lowest BCUT2D eigenvalue weighted by Gasteiger charge is -2.08. The zero-order chi connectivity index (χ0) is 12.3. The highest BCUT2D eigenvalue weighted by atomic mass is 32.1. The Morgan fingerprint density at radius 3 is 3.06 bits per heavy atom. The molecule has 2 heterocycles. The first-order chi connectivity index (χ1) is 8.27.